The van der Waals surface area contributed by atoms with Crippen LogP contribution in [0.2, 0.25) is 0 Å². The van der Waals surface area contributed by atoms with Gasteiger partial charge in [-0.2, -0.15) is 65.9 Å². The van der Waals surface area contributed by atoms with E-state index >= 15 is 0 Å². The molecule has 1 aromatic rings. The number of carbonyl (C=O) groups is 1. The van der Waals surface area contributed by atoms with Gasteiger partial charge in [0, 0.05) is 5.92 Å². The van der Waals surface area contributed by atoms with Crippen molar-refractivity contribution < 1.29 is 79.8 Å². The number of ether oxygens (including phenoxy) is 1. The van der Waals surface area contributed by atoms with Crippen LogP contribution in [-0.2, 0) is 11.2 Å². The minimum absolute atomic E-state index is 0.495. The van der Waals surface area contributed by atoms with E-state index in [1.54, 1.807) is 0 Å². The molecule has 0 bridgehead atoms. The van der Waals surface area contributed by atoms with Crippen LogP contribution < -0.4 is 4.74 Å². The van der Waals surface area contributed by atoms with Crippen LogP contribution in [0.25, 0.3) is 0 Å². The molecule has 18 heteroatoms. The normalized spacial score (nSPS) is 19.8. The Morgan fingerprint density at radius 1 is 0.721 bits per heavy atom. The Bertz CT molecular complexity index is 1120. The maximum atomic E-state index is 14.5. The van der Waals surface area contributed by atoms with Gasteiger partial charge in [-0.1, -0.05) is 25.8 Å². The molecule has 2 rings (SSSR count). The number of unbranched alkanes of at least 4 members (excludes halogenated alkanes) is 2. The summed E-state index contributed by atoms with van der Waals surface area (Å²) in [6.07, 6.45) is -9.10. The van der Waals surface area contributed by atoms with Crippen molar-refractivity contribution >= 4 is 5.97 Å². The van der Waals surface area contributed by atoms with Crippen LogP contribution >= 0.6 is 0 Å². The average molecular weight is 660 g/mol. The molecule has 1 aliphatic rings. The van der Waals surface area contributed by atoms with Gasteiger partial charge in [0.05, 0.1) is 5.92 Å². The van der Waals surface area contributed by atoms with E-state index < -0.39 is 96.8 Å². The lowest BCUT2D eigenvalue weighted by molar-refractivity contribution is -0.455. The van der Waals surface area contributed by atoms with Crippen molar-refractivity contribution in [3.05, 3.63) is 29.6 Å². The van der Waals surface area contributed by atoms with Crippen LogP contribution in [-0.4, -0.2) is 47.7 Å². The van der Waals surface area contributed by atoms with Crippen molar-refractivity contribution in [2.45, 2.75) is 100 Å². The Kier molecular flexibility index (Phi) is 10.4. The summed E-state index contributed by atoms with van der Waals surface area (Å²) in [6, 6.07) is 3.56. The molecule has 1 fully saturated rings. The quantitative estimate of drug-likeness (QED) is 0.0967. The molecule has 0 N–H and O–H groups in total. The van der Waals surface area contributed by atoms with Gasteiger partial charge in [-0.25, -0.2) is 4.39 Å². The van der Waals surface area contributed by atoms with Crippen LogP contribution in [0.4, 0.5) is 70.2 Å². The lowest BCUT2D eigenvalue weighted by atomic mass is 9.75. The Labute approximate surface area is 233 Å². The van der Waals surface area contributed by atoms with Crippen molar-refractivity contribution in [1.29, 1.82) is 0 Å². The summed E-state index contributed by atoms with van der Waals surface area (Å²) < 4.78 is 221. The molecular formula is C25H24F16O2. The van der Waals surface area contributed by atoms with Gasteiger partial charge in [0.1, 0.15) is 0 Å². The largest absolute Gasteiger partial charge is 0.460 e. The fourth-order valence-corrected chi connectivity index (χ4v) is 4.48. The van der Waals surface area contributed by atoms with Crippen molar-refractivity contribution in [1.82, 2.24) is 0 Å². The summed E-state index contributed by atoms with van der Waals surface area (Å²) in [5, 5.41) is 0. The molecule has 0 aliphatic heterocycles. The number of benzene rings is 1. The molecule has 248 valence electrons. The molecule has 2 nitrogen and oxygen atoms in total. The fourth-order valence-electron chi connectivity index (χ4n) is 4.48. The van der Waals surface area contributed by atoms with E-state index in [0.29, 0.717) is 12.0 Å². The molecule has 0 heterocycles. The monoisotopic (exact) mass is 660 g/mol. The number of aryl methyl sites for hydroxylation is 1. The van der Waals surface area contributed by atoms with Gasteiger partial charge in [-0.05, 0) is 56.2 Å². The van der Waals surface area contributed by atoms with Crippen LogP contribution in [0, 0.1) is 17.7 Å². The smallest absolute Gasteiger partial charge is 0.423 e. The first-order chi connectivity index (χ1) is 19.3. The Morgan fingerprint density at radius 3 is 1.67 bits per heavy atom. The Hall–Kier alpha value is -2.43. The van der Waals surface area contributed by atoms with Gasteiger partial charge in [-0.3, -0.25) is 4.79 Å². The minimum Gasteiger partial charge on any atom is -0.423 e. The van der Waals surface area contributed by atoms with Crippen molar-refractivity contribution in [2.24, 2.45) is 11.8 Å². The molecule has 0 saturated heterocycles. The van der Waals surface area contributed by atoms with Crippen molar-refractivity contribution in [2.75, 3.05) is 0 Å². The molecule has 43 heavy (non-hydrogen) atoms. The Morgan fingerprint density at radius 2 is 1.21 bits per heavy atom. The SMILES string of the molecule is CCCCCc1ccc(OC(=O)C2CCC(C(F)(F)C(F)(F)C(F)(F)C(F)(F)C(F)(F)C(F)(F)C(F)(F)F)CC2)c(F)c1. The van der Waals surface area contributed by atoms with Crippen molar-refractivity contribution in [3.63, 3.8) is 0 Å². The maximum Gasteiger partial charge on any atom is 0.460 e. The van der Waals surface area contributed by atoms with Crippen molar-refractivity contribution in [3.8, 4) is 5.75 Å². The molecule has 1 saturated carbocycles. The van der Waals surface area contributed by atoms with E-state index in [0.717, 1.165) is 31.4 Å². The van der Waals surface area contributed by atoms with Gasteiger partial charge >= 0.3 is 47.7 Å². The summed E-state index contributed by atoms with van der Waals surface area (Å²) in [7, 11) is 0. The van der Waals surface area contributed by atoms with E-state index in [9.17, 15) is 75.0 Å². The molecule has 1 aliphatic carbocycles. The number of rotatable bonds is 12. The van der Waals surface area contributed by atoms with Gasteiger partial charge in [0.2, 0.25) is 0 Å². The topological polar surface area (TPSA) is 26.3 Å². The first kappa shape index (κ1) is 36.8. The van der Waals surface area contributed by atoms with E-state index in [1.807, 2.05) is 6.92 Å². The summed E-state index contributed by atoms with van der Waals surface area (Å²) in [6.45, 7) is 1.94. The lowest BCUT2D eigenvalue weighted by Gasteiger charge is -2.44. The highest BCUT2D eigenvalue weighted by atomic mass is 19.4. The summed E-state index contributed by atoms with van der Waals surface area (Å²) in [4.78, 5) is 12.4. The van der Waals surface area contributed by atoms with E-state index in [2.05, 4.69) is 0 Å². The molecule has 0 radical (unpaired) electrons. The van der Waals surface area contributed by atoms with Crippen LogP contribution in [0.15, 0.2) is 18.2 Å². The van der Waals surface area contributed by atoms with Crippen LogP contribution in [0.3, 0.4) is 0 Å². The van der Waals surface area contributed by atoms with Crippen LogP contribution in [0.5, 0.6) is 5.75 Å². The average Bonchev–Trinajstić information content (AvgIpc) is 2.89. The van der Waals surface area contributed by atoms with E-state index in [1.165, 1.54) is 6.07 Å². The summed E-state index contributed by atoms with van der Waals surface area (Å²) >= 11 is 0. The first-order valence-corrected chi connectivity index (χ1v) is 12.6. The third-order valence-corrected chi connectivity index (χ3v) is 7.20. The standard InChI is InChI=1S/C25H24F16O2/c1-2-3-4-5-13-6-11-17(16(26)12-13)43-18(42)14-7-9-15(10-8-14)19(27,28)20(29,30)21(31,32)22(33,34)23(35,36)24(37,38)25(39,40)41/h6,11-12,14-15H,2-5,7-10H2,1H3. The van der Waals surface area contributed by atoms with E-state index in [-0.39, 0.29) is 0 Å². The van der Waals surface area contributed by atoms with Gasteiger partial charge in [0.25, 0.3) is 0 Å². The third kappa shape index (κ3) is 6.38. The zero-order valence-corrected chi connectivity index (χ0v) is 21.9. The molecule has 0 atom stereocenters. The number of hydrogen-bond donors (Lipinski definition) is 0. The highest BCUT2D eigenvalue weighted by Crippen LogP contribution is 2.63. The number of hydrogen-bond acceptors (Lipinski definition) is 2. The van der Waals surface area contributed by atoms with Gasteiger partial charge < -0.3 is 4.74 Å². The molecule has 0 amide bonds. The number of esters is 1. The van der Waals surface area contributed by atoms with Gasteiger partial charge in [-0.15, -0.1) is 0 Å². The zero-order valence-electron chi connectivity index (χ0n) is 21.9. The first-order valence-electron chi connectivity index (χ1n) is 12.6. The molecule has 1 aromatic carbocycles. The third-order valence-electron chi connectivity index (χ3n) is 7.20. The fraction of sp³-hybridized carbons (Fsp3) is 0.720. The molecule has 0 unspecified atom stereocenters. The Balaban J connectivity index is 2.18. The summed E-state index contributed by atoms with van der Waals surface area (Å²) in [5.41, 5.74) is 0.552. The molecular weight excluding hydrogens is 636 g/mol. The number of carbonyl (C=O) groups excluding carboxylic acids is 1. The maximum absolute atomic E-state index is 14.5. The minimum atomic E-state index is -8.34. The van der Waals surface area contributed by atoms with E-state index in [4.69, 9.17) is 4.74 Å². The lowest BCUT2D eigenvalue weighted by Crippen LogP contribution is -2.73. The molecule has 0 spiro atoms. The second kappa shape index (κ2) is 12.2. The summed E-state index contributed by atoms with van der Waals surface area (Å²) in [5.74, 6) is -54.1. The highest BCUT2D eigenvalue weighted by molar-refractivity contribution is 5.75. The predicted octanol–water partition coefficient (Wildman–Crippen LogP) is 9.64. The molecule has 0 aromatic heterocycles. The second-order valence-corrected chi connectivity index (χ2v) is 10.2. The zero-order chi connectivity index (χ0) is 33.4. The van der Waals surface area contributed by atoms with Crippen LogP contribution in [0.1, 0.15) is 57.4 Å². The second-order valence-electron chi connectivity index (χ2n) is 10.2. The predicted molar refractivity (Wildman–Crippen MR) is 116 cm³/mol. The van der Waals surface area contributed by atoms with Gasteiger partial charge in [0.15, 0.2) is 11.6 Å². The number of halogens is 16. The highest BCUT2D eigenvalue weighted by Gasteiger charge is 2.93. The number of alkyl halides is 15.